The van der Waals surface area contributed by atoms with Crippen LogP contribution in [0.5, 0.6) is 0 Å². The van der Waals surface area contributed by atoms with Gasteiger partial charge in [0.1, 0.15) is 5.02 Å². The van der Waals surface area contributed by atoms with Gasteiger partial charge in [0.2, 0.25) is 5.95 Å². The van der Waals surface area contributed by atoms with E-state index in [0.717, 1.165) is 32.2 Å². The molecule has 0 saturated heterocycles. The van der Waals surface area contributed by atoms with E-state index in [1.165, 1.54) is 6.20 Å². The van der Waals surface area contributed by atoms with E-state index < -0.39 is 0 Å². The Morgan fingerprint density at radius 2 is 2.06 bits per heavy atom. The van der Waals surface area contributed by atoms with Crippen molar-refractivity contribution >= 4 is 23.4 Å². The maximum absolute atomic E-state index is 8.63. The van der Waals surface area contributed by atoms with Crippen molar-refractivity contribution in [3.63, 3.8) is 0 Å². The summed E-state index contributed by atoms with van der Waals surface area (Å²) in [6, 6.07) is 0. The molecule has 0 atom stereocenters. The fraction of sp³-hybridized carbons (Fsp3) is 0.600. The Morgan fingerprint density at radius 3 is 2.76 bits per heavy atom. The molecule has 0 aliphatic heterocycles. The van der Waals surface area contributed by atoms with Gasteiger partial charge in [-0.2, -0.15) is 4.98 Å². The first-order valence-electron chi connectivity index (χ1n) is 5.62. The van der Waals surface area contributed by atoms with Gasteiger partial charge in [0.15, 0.2) is 5.82 Å². The average Bonchev–Trinajstić information content (AvgIpc) is 2.35. The van der Waals surface area contributed by atoms with Gasteiger partial charge in [0.05, 0.1) is 6.20 Å². The van der Waals surface area contributed by atoms with E-state index in [2.05, 4.69) is 20.7 Å². The van der Waals surface area contributed by atoms with Crippen LogP contribution in [-0.2, 0) is 0 Å². The minimum atomic E-state index is 0.261. The third-order valence-corrected chi connectivity index (χ3v) is 2.53. The number of rotatable bonds is 8. The Hall–Kier alpha value is -1.11. The van der Waals surface area contributed by atoms with Crippen molar-refractivity contribution in [1.29, 1.82) is 0 Å². The summed E-state index contributed by atoms with van der Waals surface area (Å²) < 4.78 is 0. The van der Waals surface area contributed by atoms with Crippen molar-refractivity contribution in [1.82, 2.24) is 9.97 Å². The molecule has 0 amide bonds. The number of aliphatic hydroxyl groups is 1. The molecule has 96 valence electrons. The van der Waals surface area contributed by atoms with Gasteiger partial charge in [-0.25, -0.2) is 10.8 Å². The molecule has 0 fully saturated rings. The average molecular weight is 260 g/mol. The third kappa shape index (κ3) is 5.16. The number of unbranched alkanes of at least 4 members (excludes halogenated alkanes) is 3. The number of hydrogen-bond acceptors (Lipinski definition) is 6. The van der Waals surface area contributed by atoms with Crippen molar-refractivity contribution < 1.29 is 5.11 Å². The number of nitrogens with zero attached hydrogens (tertiary/aromatic N) is 2. The van der Waals surface area contributed by atoms with Gasteiger partial charge in [0.25, 0.3) is 0 Å². The van der Waals surface area contributed by atoms with E-state index >= 15 is 0 Å². The second-order valence-electron chi connectivity index (χ2n) is 3.60. The Labute approximate surface area is 106 Å². The number of nitrogens with two attached hydrogens (primary N) is 1. The fourth-order valence-corrected chi connectivity index (χ4v) is 1.52. The highest BCUT2D eigenvalue weighted by molar-refractivity contribution is 6.32. The van der Waals surface area contributed by atoms with E-state index in [1.807, 2.05) is 0 Å². The Balaban J connectivity index is 2.30. The monoisotopic (exact) mass is 259 g/mol. The van der Waals surface area contributed by atoms with E-state index in [4.69, 9.17) is 22.6 Å². The highest BCUT2D eigenvalue weighted by Gasteiger charge is 2.03. The molecule has 0 unspecified atom stereocenters. The molecule has 0 bridgehead atoms. The molecule has 1 aromatic rings. The number of aromatic nitrogens is 2. The molecule has 6 nitrogen and oxygen atoms in total. The van der Waals surface area contributed by atoms with Crippen molar-refractivity contribution in [2.24, 2.45) is 5.84 Å². The minimum absolute atomic E-state index is 0.261. The molecule has 1 aromatic heterocycles. The summed E-state index contributed by atoms with van der Waals surface area (Å²) in [7, 11) is 0. The van der Waals surface area contributed by atoms with Crippen LogP contribution in [0.25, 0.3) is 0 Å². The number of anilines is 2. The fourth-order valence-electron chi connectivity index (χ4n) is 1.36. The van der Waals surface area contributed by atoms with Crippen LogP contribution in [0.1, 0.15) is 25.7 Å². The van der Waals surface area contributed by atoms with E-state index in [0.29, 0.717) is 16.8 Å². The summed E-state index contributed by atoms with van der Waals surface area (Å²) in [4.78, 5) is 7.97. The zero-order valence-electron chi connectivity index (χ0n) is 9.62. The number of nitrogen functional groups attached to an aromatic ring is 1. The SMILES string of the molecule is NNc1ncc(Cl)c(NCCCCCCO)n1. The van der Waals surface area contributed by atoms with Crippen molar-refractivity contribution in [2.75, 3.05) is 23.9 Å². The molecular weight excluding hydrogens is 242 g/mol. The first-order valence-corrected chi connectivity index (χ1v) is 5.99. The molecule has 7 heteroatoms. The maximum Gasteiger partial charge on any atom is 0.239 e. The predicted molar refractivity (Wildman–Crippen MR) is 68.9 cm³/mol. The smallest absolute Gasteiger partial charge is 0.239 e. The standard InChI is InChI=1S/C10H18ClN5O/c11-8-7-14-10(16-12)15-9(8)13-5-3-1-2-4-6-17/h7,17H,1-6,12H2,(H2,13,14,15,16). The second kappa shape index (κ2) is 8.05. The van der Waals surface area contributed by atoms with Crippen LogP contribution in [0.4, 0.5) is 11.8 Å². The van der Waals surface area contributed by atoms with Crippen LogP contribution < -0.4 is 16.6 Å². The summed E-state index contributed by atoms with van der Waals surface area (Å²) in [6.45, 7) is 1.04. The first kappa shape index (κ1) is 14.0. The van der Waals surface area contributed by atoms with Gasteiger partial charge in [-0.1, -0.05) is 24.4 Å². The van der Waals surface area contributed by atoms with Gasteiger partial charge in [-0.05, 0) is 12.8 Å². The molecule has 1 heterocycles. The van der Waals surface area contributed by atoms with Crippen LogP contribution >= 0.6 is 11.6 Å². The summed E-state index contributed by atoms with van der Waals surface area (Å²) in [5, 5.41) is 12.2. The molecule has 0 radical (unpaired) electrons. The minimum Gasteiger partial charge on any atom is -0.396 e. The van der Waals surface area contributed by atoms with Gasteiger partial charge in [0, 0.05) is 13.2 Å². The normalized spacial score (nSPS) is 10.3. The zero-order chi connectivity index (χ0) is 12.5. The molecule has 0 saturated carbocycles. The number of hydrogen-bond donors (Lipinski definition) is 4. The molecule has 17 heavy (non-hydrogen) atoms. The third-order valence-electron chi connectivity index (χ3n) is 2.25. The lowest BCUT2D eigenvalue weighted by Gasteiger charge is -2.08. The molecule has 5 N–H and O–H groups in total. The van der Waals surface area contributed by atoms with Crippen LogP contribution in [0.15, 0.2) is 6.20 Å². The topological polar surface area (TPSA) is 96.1 Å². The van der Waals surface area contributed by atoms with Crippen LogP contribution in [-0.4, -0.2) is 28.2 Å². The van der Waals surface area contributed by atoms with Crippen molar-refractivity contribution in [3.8, 4) is 0 Å². The number of nitrogens with one attached hydrogen (secondary N) is 2. The number of hydrazine groups is 1. The van der Waals surface area contributed by atoms with E-state index in [9.17, 15) is 0 Å². The summed E-state index contributed by atoms with van der Waals surface area (Å²) >= 11 is 5.93. The van der Waals surface area contributed by atoms with Crippen LogP contribution in [0.2, 0.25) is 5.02 Å². The number of aliphatic hydroxyl groups excluding tert-OH is 1. The molecule has 0 aromatic carbocycles. The Bertz CT molecular complexity index is 336. The molecule has 0 aliphatic carbocycles. The van der Waals surface area contributed by atoms with Gasteiger partial charge in [-0.15, -0.1) is 0 Å². The Morgan fingerprint density at radius 1 is 1.29 bits per heavy atom. The first-order chi connectivity index (χ1) is 8.27. The lowest BCUT2D eigenvalue weighted by atomic mass is 10.2. The molecule has 0 aliphatic rings. The second-order valence-corrected chi connectivity index (χ2v) is 4.01. The quantitative estimate of drug-likeness (QED) is 0.320. The maximum atomic E-state index is 8.63. The van der Waals surface area contributed by atoms with Gasteiger partial charge in [-0.3, -0.25) is 5.43 Å². The Kier molecular flexibility index (Phi) is 6.61. The molecular formula is C10H18ClN5O. The van der Waals surface area contributed by atoms with Crippen LogP contribution in [0.3, 0.4) is 0 Å². The van der Waals surface area contributed by atoms with Crippen molar-refractivity contribution in [3.05, 3.63) is 11.2 Å². The lowest BCUT2D eigenvalue weighted by Crippen LogP contribution is -2.12. The predicted octanol–water partition coefficient (Wildman–Crippen LogP) is 1.38. The highest BCUT2D eigenvalue weighted by atomic mass is 35.5. The lowest BCUT2D eigenvalue weighted by molar-refractivity contribution is 0.283. The highest BCUT2D eigenvalue weighted by Crippen LogP contribution is 2.18. The van der Waals surface area contributed by atoms with E-state index in [1.54, 1.807) is 0 Å². The van der Waals surface area contributed by atoms with E-state index in [-0.39, 0.29) is 6.61 Å². The van der Waals surface area contributed by atoms with Gasteiger partial charge < -0.3 is 10.4 Å². The summed E-state index contributed by atoms with van der Waals surface area (Å²) in [6.07, 6.45) is 5.46. The summed E-state index contributed by atoms with van der Waals surface area (Å²) in [5.74, 6) is 6.12. The van der Waals surface area contributed by atoms with Crippen molar-refractivity contribution in [2.45, 2.75) is 25.7 Å². The zero-order valence-corrected chi connectivity index (χ0v) is 10.4. The largest absolute Gasteiger partial charge is 0.396 e. The molecule has 1 rings (SSSR count). The van der Waals surface area contributed by atoms with Gasteiger partial charge >= 0.3 is 0 Å². The van der Waals surface area contributed by atoms with Crippen LogP contribution in [0, 0.1) is 0 Å². The molecule has 0 spiro atoms. The summed E-state index contributed by atoms with van der Waals surface area (Å²) in [5.41, 5.74) is 2.36. The number of halogens is 1.